The first-order valence-electron chi connectivity index (χ1n) is 7.61. The molecule has 4 nitrogen and oxygen atoms in total. The van der Waals surface area contributed by atoms with E-state index < -0.39 is 17.4 Å². The lowest BCUT2D eigenvalue weighted by molar-refractivity contribution is -0.172. The highest BCUT2D eigenvalue weighted by atomic mass is 16.6. The number of carbonyl (C=O) groups is 2. The number of rotatable bonds is 4. The lowest BCUT2D eigenvalue weighted by Gasteiger charge is -2.28. The largest absolute Gasteiger partial charge is 0.465 e. The molecule has 118 valence electrons. The summed E-state index contributed by atoms with van der Waals surface area (Å²) < 4.78 is 10.4. The van der Waals surface area contributed by atoms with Gasteiger partial charge in [-0.2, -0.15) is 0 Å². The molecule has 1 aliphatic rings. The van der Waals surface area contributed by atoms with E-state index in [-0.39, 0.29) is 19.6 Å². The standard InChI is InChI=1S/C18H22O4/c1-4-21-16(19)18(17(20)22-5-2)11-13(3)10-14-8-6-7-9-15(14)12-18/h6-9H,3-5,10-12H2,1-2H3. The van der Waals surface area contributed by atoms with Crippen molar-refractivity contribution in [2.45, 2.75) is 33.1 Å². The van der Waals surface area contributed by atoms with Gasteiger partial charge in [-0.25, -0.2) is 0 Å². The Labute approximate surface area is 131 Å². The van der Waals surface area contributed by atoms with Gasteiger partial charge in [-0.1, -0.05) is 36.4 Å². The predicted octanol–water partition coefficient (Wildman–Crippen LogP) is 2.84. The van der Waals surface area contributed by atoms with Crippen molar-refractivity contribution in [1.82, 2.24) is 0 Å². The van der Waals surface area contributed by atoms with Gasteiger partial charge < -0.3 is 9.47 Å². The van der Waals surface area contributed by atoms with E-state index in [1.807, 2.05) is 24.3 Å². The summed E-state index contributed by atoms with van der Waals surface area (Å²) in [6.07, 6.45) is 1.22. The van der Waals surface area contributed by atoms with Crippen LogP contribution in [-0.4, -0.2) is 25.2 Å². The van der Waals surface area contributed by atoms with E-state index in [0.717, 1.165) is 16.7 Å². The molecule has 0 saturated carbocycles. The summed E-state index contributed by atoms with van der Waals surface area (Å²) in [6.45, 7) is 7.96. The average Bonchev–Trinajstić information content (AvgIpc) is 2.64. The van der Waals surface area contributed by atoms with Crippen LogP contribution in [-0.2, 0) is 31.9 Å². The van der Waals surface area contributed by atoms with Crippen LogP contribution in [0.4, 0.5) is 0 Å². The van der Waals surface area contributed by atoms with Crippen molar-refractivity contribution in [3.8, 4) is 0 Å². The van der Waals surface area contributed by atoms with E-state index in [1.54, 1.807) is 13.8 Å². The average molecular weight is 302 g/mol. The number of esters is 2. The van der Waals surface area contributed by atoms with Crippen LogP contribution in [0.25, 0.3) is 0 Å². The number of hydrogen-bond donors (Lipinski definition) is 0. The third-order valence-electron chi connectivity index (χ3n) is 3.94. The van der Waals surface area contributed by atoms with Gasteiger partial charge in [0.05, 0.1) is 13.2 Å². The number of allylic oxidation sites excluding steroid dienone is 1. The molecule has 2 rings (SSSR count). The van der Waals surface area contributed by atoms with Gasteiger partial charge >= 0.3 is 11.9 Å². The summed E-state index contributed by atoms with van der Waals surface area (Å²) in [5, 5.41) is 0. The van der Waals surface area contributed by atoms with Crippen molar-refractivity contribution in [2.75, 3.05) is 13.2 Å². The van der Waals surface area contributed by atoms with E-state index >= 15 is 0 Å². The molecule has 0 saturated heterocycles. The molecule has 0 unspecified atom stereocenters. The lowest BCUT2D eigenvalue weighted by atomic mass is 9.78. The maximum Gasteiger partial charge on any atom is 0.324 e. The van der Waals surface area contributed by atoms with Crippen LogP contribution in [0.5, 0.6) is 0 Å². The number of carbonyl (C=O) groups excluding carboxylic acids is 2. The molecular weight excluding hydrogens is 280 g/mol. The Morgan fingerprint density at radius 2 is 1.59 bits per heavy atom. The van der Waals surface area contributed by atoms with Crippen LogP contribution < -0.4 is 0 Å². The van der Waals surface area contributed by atoms with E-state index in [2.05, 4.69) is 6.58 Å². The first kappa shape index (κ1) is 16.3. The first-order valence-corrected chi connectivity index (χ1v) is 7.61. The predicted molar refractivity (Wildman–Crippen MR) is 83.3 cm³/mol. The van der Waals surface area contributed by atoms with Crippen LogP contribution in [0.3, 0.4) is 0 Å². The highest BCUT2D eigenvalue weighted by molar-refractivity contribution is 6.01. The van der Waals surface area contributed by atoms with E-state index in [1.165, 1.54) is 0 Å². The van der Waals surface area contributed by atoms with Gasteiger partial charge in [-0.3, -0.25) is 9.59 Å². The fourth-order valence-electron chi connectivity index (χ4n) is 2.96. The summed E-state index contributed by atoms with van der Waals surface area (Å²) in [5.41, 5.74) is 1.59. The molecule has 1 aromatic rings. The van der Waals surface area contributed by atoms with E-state index in [9.17, 15) is 9.59 Å². The molecule has 0 amide bonds. The molecule has 1 aliphatic carbocycles. The SMILES string of the molecule is C=C1Cc2ccccc2CC(C(=O)OCC)(C(=O)OCC)C1. The maximum atomic E-state index is 12.6. The Bertz CT molecular complexity index is 571. The minimum absolute atomic E-state index is 0.230. The Morgan fingerprint density at radius 3 is 2.14 bits per heavy atom. The van der Waals surface area contributed by atoms with E-state index in [0.29, 0.717) is 12.8 Å². The van der Waals surface area contributed by atoms with Crippen LogP contribution in [0.15, 0.2) is 36.4 Å². The summed E-state index contributed by atoms with van der Waals surface area (Å²) in [5.74, 6) is -1.04. The number of hydrogen-bond acceptors (Lipinski definition) is 4. The smallest absolute Gasteiger partial charge is 0.324 e. The summed E-state index contributed by atoms with van der Waals surface area (Å²) >= 11 is 0. The molecule has 0 atom stereocenters. The Balaban J connectivity index is 2.50. The fraction of sp³-hybridized carbons (Fsp3) is 0.444. The number of ether oxygens (including phenoxy) is 2. The molecule has 0 aromatic heterocycles. The molecule has 1 aromatic carbocycles. The Hall–Kier alpha value is -2.10. The quantitative estimate of drug-likeness (QED) is 0.371. The fourth-order valence-corrected chi connectivity index (χ4v) is 2.96. The lowest BCUT2D eigenvalue weighted by Crippen LogP contribution is -2.44. The van der Waals surface area contributed by atoms with Gasteiger partial charge in [0.25, 0.3) is 0 Å². The summed E-state index contributed by atoms with van der Waals surface area (Å²) in [4.78, 5) is 25.2. The van der Waals surface area contributed by atoms with Gasteiger partial charge in [0.1, 0.15) is 0 Å². The molecular formula is C18H22O4. The van der Waals surface area contributed by atoms with Crippen LogP contribution in [0.2, 0.25) is 0 Å². The number of benzene rings is 1. The van der Waals surface area contributed by atoms with Crippen LogP contribution >= 0.6 is 0 Å². The third kappa shape index (κ3) is 3.06. The van der Waals surface area contributed by atoms with Crippen molar-refractivity contribution >= 4 is 11.9 Å². The Morgan fingerprint density at radius 1 is 1.05 bits per heavy atom. The zero-order chi connectivity index (χ0) is 16.2. The van der Waals surface area contributed by atoms with Crippen molar-refractivity contribution in [1.29, 1.82) is 0 Å². The van der Waals surface area contributed by atoms with Gasteiger partial charge in [0.15, 0.2) is 5.41 Å². The molecule has 0 aliphatic heterocycles. The second kappa shape index (κ2) is 6.77. The minimum atomic E-state index is -1.32. The summed E-state index contributed by atoms with van der Waals surface area (Å²) in [6, 6.07) is 7.82. The van der Waals surface area contributed by atoms with Gasteiger partial charge in [0.2, 0.25) is 0 Å². The minimum Gasteiger partial charge on any atom is -0.465 e. The molecule has 0 fully saturated rings. The van der Waals surface area contributed by atoms with Crippen LogP contribution in [0, 0.1) is 5.41 Å². The molecule has 22 heavy (non-hydrogen) atoms. The normalized spacial score (nSPS) is 16.4. The molecule has 4 heteroatoms. The van der Waals surface area contributed by atoms with Gasteiger partial charge in [0, 0.05) is 0 Å². The zero-order valence-electron chi connectivity index (χ0n) is 13.2. The van der Waals surface area contributed by atoms with Gasteiger partial charge in [-0.15, -0.1) is 0 Å². The van der Waals surface area contributed by atoms with Crippen molar-refractivity contribution in [2.24, 2.45) is 5.41 Å². The molecule has 0 bridgehead atoms. The Kier molecular flexibility index (Phi) is 5.01. The second-order valence-corrected chi connectivity index (χ2v) is 5.57. The molecule has 0 N–H and O–H groups in total. The first-order chi connectivity index (χ1) is 10.5. The highest BCUT2D eigenvalue weighted by Gasteiger charge is 2.50. The van der Waals surface area contributed by atoms with Crippen molar-refractivity contribution in [3.05, 3.63) is 47.5 Å². The summed E-state index contributed by atoms with van der Waals surface area (Å²) in [7, 11) is 0. The number of fused-ring (bicyclic) bond motifs is 1. The molecule has 0 heterocycles. The van der Waals surface area contributed by atoms with Crippen LogP contribution in [0.1, 0.15) is 31.4 Å². The third-order valence-corrected chi connectivity index (χ3v) is 3.94. The molecule has 0 radical (unpaired) electrons. The second-order valence-electron chi connectivity index (χ2n) is 5.57. The molecule has 0 spiro atoms. The monoisotopic (exact) mass is 302 g/mol. The van der Waals surface area contributed by atoms with Crippen molar-refractivity contribution in [3.63, 3.8) is 0 Å². The zero-order valence-corrected chi connectivity index (χ0v) is 13.2. The highest BCUT2D eigenvalue weighted by Crippen LogP contribution is 2.38. The topological polar surface area (TPSA) is 52.6 Å². The van der Waals surface area contributed by atoms with E-state index in [4.69, 9.17) is 9.47 Å². The van der Waals surface area contributed by atoms with Crippen molar-refractivity contribution < 1.29 is 19.1 Å². The maximum absolute atomic E-state index is 12.6. The van der Waals surface area contributed by atoms with Gasteiger partial charge in [-0.05, 0) is 44.2 Å².